The van der Waals surface area contributed by atoms with Crippen molar-refractivity contribution in [3.63, 3.8) is 0 Å². The summed E-state index contributed by atoms with van der Waals surface area (Å²) in [4.78, 5) is 8.41. The molecule has 1 aromatic carbocycles. The molecule has 0 unspecified atom stereocenters. The molecule has 0 aliphatic heterocycles. The normalized spacial score (nSPS) is 10.6. The molecule has 0 aliphatic rings. The zero-order valence-electron chi connectivity index (χ0n) is 9.65. The molecule has 0 aliphatic carbocycles. The van der Waals surface area contributed by atoms with Crippen LogP contribution in [0.1, 0.15) is 5.82 Å². The Labute approximate surface area is 115 Å². The molecule has 0 spiro atoms. The molecule has 1 heterocycles. The van der Waals surface area contributed by atoms with Gasteiger partial charge in [-0.15, -0.1) is 0 Å². The van der Waals surface area contributed by atoms with Gasteiger partial charge < -0.3 is 10.5 Å². The minimum atomic E-state index is 0.298. The first-order valence-electron chi connectivity index (χ1n) is 5.17. The van der Waals surface area contributed by atoms with Crippen molar-refractivity contribution in [2.45, 2.75) is 6.61 Å². The van der Waals surface area contributed by atoms with Gasteiger partial charge in [-0.25, -0.2) is 9.97 Å². The number of aromatic nitrogens is 2. The first kappa shape index (κ1) is 13.1. The first-order valence-corrected chi connectivity index (χ1v) is 5.93. The van der Waals surface area contributed by atoms with Crippen LogP contribution >= 0.6 is 23.2 Å². The van der Waals surface area contributed by atoms with Gasteiger partial charge in [-0.2, -0.15) is 0 Å². The molecule has 2 rings (SSSR count). The van der Waals surface area contributed by atoms with E-state index < -0.39 is 0 Å². The lowest BCUT2D eigenvalue weighted by Gasteiger charge is -2.06. The van der Waals surface area contributed by atoms with Gasteiger partial charge in [0.05, 0.1) is 5.69 Å². The fraction of sp³-hybridized carbons (Fsp3) is 0.167. The van der Waals surface area contributed by atoms with Gasteiger partial charge in [0.25, 0.3) is 0 Å². The highest BCUT2D eigenvalue weighted by Gasteiger charge is 2.07. The van der Waals surface area contributed by atoms with Crippen molar-refractivity contribution in [3.05, 3.63) is 40.1 Å². The Morgan fingerprint density at radius 2 is 1.78 bits per heavy atom. The largest absolute Gasteiger partial charge is 0.384 e. The molecule has 0 amide bonds. The summed E-state index contributed by atoms with van der Waals surface area (Å²) in [5.74, 6) is 0.895. The lowest BCUT2D eigenvalue weighted by molar-refractivity contribution is 0.178. The number of nitrogens with two attached hydrogens (primary N) is 1. The van der Waals surface area contributed by atoms with Gasteiger partial charge in [0.1, 0.15) is 12.4 Å². The molecule has 0 saturated carbocycles. The Kier molecular flexibility index (Phi) is 4.01. The molecular formula is C12H11Cl2N3O. The van der Waals surface area contributed by atoms with E-state index in [1.807, 2.05) is 0 Å². The summed E-state index contributed by atoms with van der Waals surface area (Å²) < 4.78 is 4.99. The van der Waals surface area contributed by atoms with Crippen LogP contribution in [0.15, 0.2) is 24.3 Å². The summed E-state index contributed by atoms with van der Waals surface area (Å²) >= 11 is 11.9. The predicted octanol–water partition coefficient (Wildman–Crippen LogP) is 3.18. The average Bonchev–Trinajstić information content (AvgIpc) is 2.27. The van der Waals surface area contributed by atoms with Gasteiger partial charge >= 0.3 is 0 Å². The van der Waals surface area contributed by atoms with E-state index in [1.54, 1.807) is 31.4 Å². The molecule has 0 atom stereocenters. The summed E-state index contributed by atoms with van der Waals surface area (Å²) in [6, 6.07) is 6.87. The number of anilines is 1. The molecule has 6 heteroatoms. The van der Waals surface area contributed by atoms with Crippen LogP contribution in [0.5, 0.6) is 0 Å². The van der Waals surface area contributed by atoms with Crippen LogP contribution < -0.4 is 5.73 Å². The van der Waals surface area contributed by atoms with Crippen LogP contribution in [0, 0.1) is 0 Å². The van der Waals surface area contributed by atoms with Crippen LogP contribution in [-0.2, 0) is 11.3 Å². The second-order valence-corrected chi connectivity index (χ2v) is 4.56. The topological polar surface area (TPSA) is 61.0 Å². The van der Waals surface area contributed by atoms with Crippen LogP contribution in [0.3, 0.4) is 0 Å². The third-order valence-corrected chi connectivity index (χ3v) is 2.66. The number of nitrogens with zero attached hydrogens (tertiary/aromatic N) is 2. The number of halogens is 2. The molecule has 2 aromatic rings. The number of ether oxygens (including phenoxy) is 1. The van der Waals surface area contributed by atoms with E-state index in [-0.39, 0.29) is 0 Å². The summed E-state index contributed by atoms with van der Waals surface area (Å²) in [6.45, 7) is 0.298. The molecular weight excluding hydrogens is 273 g/mol. The third-order valence-electron chi connectivity index (χ3n) is 2.22. The summed E-state index contributed by atoms with van der Waals surface area (Å²) in [7, 11) is 1.57. The van der Waals surface area contributed by atoms with E-state index in [9.17, 15) is 0 Å². The molecule has 1 aromatic heterocycles. The lowest BCUT2D eigenvalue weighted by atomic mass is 10.1. The van der Waals surface area contributed by atoms with Gasteiger partial charge in [0.2, 0.25) is 0 Å². The Hall–Kier alpha value is -1.36. The Morgan fingerprint density at radius 3 is 2.39 bits per heavy atom. The standard InChI is InChI=1S/C12H11Cl2N3O/c1-18-6-12-16-10(5-11(15)17-12)7-2-8(13)4-9(14)3-7/h2-5H,6H2,1H3,(H2,15,16,17). The molecule has 0 fully saturated rings. The van der Waals surface area contributed by atoms with Crippen molar-refractivity contribution in [2.75, 3.05) is 12.8 Å². The van der Waals surface area contributed by atoms with Crippen molar-refractivity contribution in [1.82, 2.24) is 9.97 Å². The van der Waals surface area contributed by atoms with E-state index in [0.29, 0.717) is 34.0 Å². The Bertz CT molecular complexity index is 555. The number of nitrogen functional groups attached to an aromatic ring is 1. The monoisotopic (exact) mass is 283 g/mol. The second kappa shape index (κ2) is 5.52. The highest BCUT2D eigenvalue weighted by atomic mass is 35.5. The van der Waals surface area contributed by atoms with E-state index in [4.69, 9.17) is 33.7 Å². The molecule has 18 heavy (non-hydrogen) atoms. The van der Waals surface area contributed by atoms with Crippen molar-refractivity contribution >= 4 is 29.0 Å². The Balaban J connectivity index is 2.49. The van der Waals surface area contributed by atoms with Crippen LogP contribution in [0.25, 0.3) is 11.3 Å². The molecule has 94 valence electrons. The molecule has 2 N–H and O–H groups in total. The van der Waals surface area contributed by atoms with Crippen molar-refractivity contribution in [3.8, 4) is 11.3 Å². The molecule has 0 saturated heterocycles. The molecule has 4 nitrogen and oxygen atoms in total. The third kappa shape index (κ3) is 3.10. The fourth-order valence-corrected chi connectivity index (χ4v) is 2.09. The van der Waals surface area contributed by atoms with E-state index >= 15 is 0 Å². The minimum Gasteiger partial charge on any atom is -0.384 e. The lowest BCUT2D eigenvalue weighted by Crippen LogP contribution is -2.02. The SMILES string of the molecule is COCc1nc(N)cc(-c2cc(Cl)cc(Cl)c2)n1. The van der Waals surface area contributed by atoms with Gasteiger partial charge in [-0.1, -0.05) is 23.2 Å². The predicted molar refractivity (Wildman–Crippen MR) is 72.6 cm³/mol. The van der Waals surface area contributed by atoms with Gasteiger partial charge in [0.15, 0.2) is 5.82 Å². The first-order chi connectivity index (χ1) is 8.58. The average molecular weight is 284 g/mol. The van der Waals surface area contributed by atoms with Gasteiger partial charge in [0, 0.05) is 28.8 Å². The number of hydrogen-bond acceptors (Lipinski definition) is 4. The molecule has 0 bridgehead atoms. The van der Waals surface area contributed by atoms with Crippen LogP contribution in [0.2, 0.25) is 10.0 Å². The summed E-state index contributed by atoms with van der Waals surface area (Å²) in [5.41, 5.74) is 7.19. The maximum absolute atomic E-state index is 5.96. The van der Waals surface area contributed by atoms with Crippen molar-refractivity contribution < 1.29 is 4.74 Å². The summed E-state index contributed by atoms with van der Waals surface area (Å²) in [5, 5.41) is 1.09. The molecule has 0 radical (unpaired) electrons. The number of benzene rings is 1. The van der Waals surface area contributed by atoms with E-state index in [1.165, 1.54) is 0 Å². The van der Waals surface area contributed by atoms with Crippen LogP contribution in [-0.4, -0.2) is 17.1 Å². The minimum absolute atomic E-state index is 0.298. The fourth-order valence-electron chi connectivity index (χ4n) is 1.56. The highest BCUT2D eigenvalue weighted by Crippen LogP contribution is 2.26. The van der Waals surface area contributed by atoms with E-state index in [2.05, 4.69) is 9.97 Å². The Morgan fingerprint density at radius 1 is 1.11 bits per heavy atom. The number of rotatable bonds is 3. The maximum Gasteiger partial charge on any atom is 0.157 e. The van der Waals surface area contributed by atoms with Crippen molar-refractivity contribution in [2.24, 2.45) is 0 Å². The van der Waals surface area contributed by atoms with Crippen molar-refractivity contribution in [1.29, 1.82) is 0 Å². The van der Waals surface area contributed by atoms with Gasteiger partial charge in [-0.3, -0.25) is 0 Å². The highest BCUT2D eigenvalue weighted by molar-refractivity contribution is 6.35. The number of methoxy groups -OCH3 is 1. The number of hydrogen-bond donors (Lipinski definition) is 1. The quantitative estimate of drug-likeness (QED) is 0.940. The maximum atomic E-state index is 5.96. The zero-order valence-corrected chi connectivity index (χ0v) is 11.2. The summed E-state index contributed by atoms with van der Waals surface area (Å²) in [6.07, 6.45) is 0. The van der Waals surface area contributed by atoms with Gasteiger partial charge in [-0.05, 0) is 18.2 Å². The zero-order chi connectivity index (χ0) is 13.1. The second-order valence-electron chi connectivity index (χ2n) is 3.69. The van der Waals surface area contributed by atoms with E-state index in [0.717, 1.165) is 5.56 Å². The smallest absolute Gasteiger partial charge is 0.157 e. The van der Waals surface area contributed by atoms with Crippen LogP contribution in [0.4, 0.5) is 5.82 Å².